The van der Waals surface area contributed by atoms with E-state index in [2.05, 4.69) is 0 Å². The van der Waals surface area contributed by atoms with E-state index in [0.717, 1.165) is 17.6 Å². The van der Waals surface area contributed by atoms with Crippen molar-refractivity contribution in [1.29, 1.82) is 0 Å². The van der Waals surface area contributed by atoms with E-state index in [-0.39, 0.29) is 5.91 Å². The molecule has 1 N–H and O–H groups in total. The average molecular weight is 287 g/mol. The molecule has 21 heavy (non-hydrogen) atoms. The van der Waals surface area contributed by atoms with Gasteiger partial charge in [0.2, 0.25) is 5.91 Å². The molecule has 0 saturated heterocycles. The smallest absolute Gasteiger partial charge is 0.311 e. The van der Waals surface area contributed by atoms with Crippen molar-refractivity contribution in [2.24, 2.45) is 0 Å². The van der Waals surface area contributed by atoms with Crippen LogP contribution in [0.4, 0.5) is 0 Å². The minimum Gasteiger partial charge on any atom is -0.481 e. The predicted octanol–water partition coefficient (Wildman–Crippen LogP) is 2.81. The normalized spacial score (nSPS) is 16.2. The van der Waals surface area contributed by atoms with Gasteiger partial charge in [-0.25, -0.2) is 0 Å². The second-order valence-corrected chi connectivity index (χ2v) is 5.31. The van der Waals surface area contributed by atoms with Crippen LogP contribution in [0.25, 0.3) is 0 Å². The lowest BCUT2D eigenvalue weighted by Crippen LogP contribution is -2.34. The van der Waals surface area contributed by atoms with Gasteiger partial charge in [-0.05, 0) is 18.4 Å². The maximum Gasteiger partial charge on any atom is 0.311 e. The summed E-state index contributed by atoms with van der Waals surface area (Å²) >= 11 is 0. The number of carbonyl (C=O) groups is 2. The SMILES string of the molecule is CCC(=O)N1CC=C(CC(C(=O)O)c2ccccc2)CC1. The van der Waals surface area contributed by atoms with E-state index < -0.39 is 11.9 Å². The number of carboxylic acids is 1. The Morgan fingerprint density at radius 2 is 2.00 bits per heavy atom. The first-order valence-corrected chi connectivity index (χ1v) is 7.35. The lowest BCUT2D eigenvalue weighted by molar-refractivity contribution is -0.139. The summed E-state index contributed by atoms with van der Waals surface area (Å²) < 4.78 is 0. The fraction of sp³-hybridized carbons (Fsp3) is 0.412. The van der Waals surface area contributed by atoms with Crippen molar-refractivity contribution >= 4 is 11.9 Å². The number of hydrogen-bond acceptors (Lipinski definition) is 2. The second-order valence-electron chi connectivity index (χ2n) is 5.31. The molecule has 1 atom stereocenters. The maximum atomic E-state index is 11.6. The third kappa shape index (κ3) is 3.94. The average Bonchev–Trinajstić information content (AvgIpc) is 2.53. The minimum absolute atomic E-state index is 0.156. The van der Waals surface area contributed by atoms with Crippen LogP contribution in [0.1, 0.15) is 37.7 Å². The summed E-state index contributed by atoms with van der Waals surface area (Å²) in [4.78, 5) is 24.9. The fourth-order valence-electron chi connectivity index (χ4n) is 2.64. The third-order valence-electron chi connectivity index (χ3n) is 3.92. The first-order valence-electron chi connectivity index (χ1n) is 7.35. The van der Waals surface area contributed by atoms with E-state index >= 15 is 0 Å². The van der Waals surface area contributed by atoms with Gasteiger partial charge in [0.05, 0.1) is 5.92 Å². The summed E-state index contributed by atoms with van der Waals surface area (Å²) in [6, 6.07) is 9.32. The van der Waals surface area contributed by atoms with Gasteiger partial charge in [0.15, 0.2) is 0 Å². The molecule has 0 radical (unpaired) electrons. The Balaban J connectivity index is 2.04. The largest absolute Gasteiger partial charge is 0.481 e. The summed E-state index contributed by atoms with van der Waals surface area (Å²) in [5, 5.41) is 9.44. The zero-order valence-electron chi connectivity index (χ0n) is 12.3. The molecule has 1 aromatic carbocycles. The monoisotopic (exact) mass is 287 g/mol. The maximum absolute atomic E-state index is 11.6. The van der Waals surface area contributed by atoms with Crippen molar-refractivity contribution in [3.05, 3.63) is 47.5 Å². The highest BCUT2D eigenvalue weighted by molar-refractivity contribution is 5.77. The van der Waals surface area contributed by atoms with E-state index in [0.29, 0.717) is 25.9 Å². The van der Waals surface area contributed by atoms with Crippen LogP contribution in [0.5, 0.6) is 0 Å². The zero-order chi connectivity index (χ0) is 15.2. The Labute approximate surface area is 125 Å². The molecule has 4 nitrogen and oxygen atoms in total. The van der Waals surface area contributed by atoms with E-state index in [1.807, 2.05) is 48.2 Å². The van der Waals surface area contributed by atoms with Crippen LogP contribution in [0, 0.1) is 0 Å². The molecule has 0 aromatic heterocycles. The predicted molar refractivity (Wildman–Crippen MR) is 81.0 cm³/mol. The van der Waals surface area contributed by atoms with Gasteiger partial charge < -0.3 is 10.0 Å². The van der Waals surface area contributed by atoms with E-state index in [9.17, 15) is 14.7 Å². The number of carboxylic acid groups (broad SMARTS) is 1. The van der Waals surface area contributed by atoms with Crippen LogP contribution >= 0.6 is 0 Å². The standard InChI is InChI=1S/C17H21NO3/c1-2-16(19)18-10-8-13(9-11-18)12-15(17(20)21)14-6-4-3-5-7-14/h3-8,15H,2,9-12H2,1H3,(H,20,21). The van der Waals surface area contributed by atoms with Crippen LogP contribution in [0.2, 0.25) is 0 Å². The highest BCUT2D eigenvalue weighted by Gasteiger charge is 2.23. The molecule has 4 heteroatoms. The van der Waals surface area contributed by atoms with Gasteiger partial charge in [-0.15, -0.1) is 0 Å². The van der Waals surface area contributed by atoms with Crippen molar-refractivity contribution < 1.29 is 14.7 Å². The van der Waals surface area contributed by atoms with Crippen LogP contribution in [-0.4, -0.2) is 35.0 Å². The van der Waals surface area contributed by atoms with Crippen LogP contribution < -0.4 is 0 Å². The molecule has 0 spiro atoms. The summed E-state index contributed by atoms with van der Waals surface area (Å²) in [7, 11) is 0. The lowest BCUT2D eigenvalue weighted by atomic mass is 9.89. The Hall–Kier alpha value is -2.10. The molecule has 112 valence electrons. The minimum atomic E-state index is -0.797. The molecule has 0 fully saturated rings. The quantitative estimate of drug-likeness (QED) is 0.847. The Kier molecular flexibility index (Phi) is 5.14. The van der Waals surface area contributed by atoms with Gasteiger partial charge in [-0.1, -0.05) is 48.9 Å². The number of amides is 1. The zero-order valence-corrected chi connectivity index (χ0v) is 12.3. The molecule has 1 heterocycles. The highest BCUT2D eigenvalue weighted by atomic mass is 16.4. The molecule has 2 rings (SSSR count). The van der Waals surface area contributed by atoms with Gasteiger partial charge in [0.1, 0.15) is 0 Å². The Morgan fingerprint density at radius 1 is 1.29 bits per heavy atom. The van der Waals surface area contributed by atoms with Gasteiger partial charge >= 0.3 is 5.97 Å². The van der Waals surface area contributed by atoms with E-state index in [1.54, 1.807) is 0 Å². The van der Waals surface area contributed by atoms with Crippen molar-refractivity contribution in [3.63, 3.8) is 0 Å². The summed E-state index contributed by atoms with van der Waals surface area (Å²) in [5.41, 5.74) is 1.96. The second kappa shape index (κ2) is 7.07. The molecule has 0 aliphatic carbocycles. The summed E-state index contributed by atoms with van der Waals surface area (Å²) in [6.07, 6.45) is 3.82. The topological polar surface area (TPSA) is 57.6 Å². The molecular weight excluding hydrogens is 266 g/mol. The van der Waals surface area contributed by atoms with Gasteiger partial charge in [-0.2, -0.15) is 0 Å². The van der Waals surface area contributed by atoms with E-state index in [4.69, 9.17) is 0 Å². The number of hydrogen-bond donors (Lipinski definition) is 1. The highest BCUT2D eigenvalue weighted by Crippen LogP contribution is 2.27. The third-order valence-corrected chi connectivity index (χ3v) is 3.92. The summed E-state index contributed by atoms with van der Waals surface area (Å²) in [6.45, 7) is 3.15. The summed E-state index contributed by atoms with van der Waals surface area (Å²) in [5.74, 6) is -1.15. The lowest BCUT2D eigenvalue weighted by Gasteiger charge is -2.27. The molecule has 1 aromatic rings. The van der Waals surface area contributed by atoms with Crippen LogP contribution in [0.15, 0.2) is 42.0 Å². The first kappa shape index (κ1) is 15.3. The Morgan fingerprint density at radius 3 is 2.52 bits per heavy atom. The number of aliphatic carboxylic acids is 1. The Bertz CT molecular complexity index is 536. The van der Waals surface area contributed by atoms with Crippen LogP contribution in [-0.2, 0) is 9.59 Å². The molecule has 1 amide bonds. The number of benzene rings is 1. The fourth-order valence-corrected chi connectivity index (χ4v) is 2.64. The number of nitrogens with zero attached hydrogens (tertiary/aromatic N) is 1. The van der Waals surface area contributed by atoms with Gasteiger partial charge in [0.25, 0.3) is 0 Å². The van der Waals surface area contributed by atoms with Crippen molar-refractivity contribution in [2.45, 2.75) is 32.1 Å². The molecule has 1 aliphatic heterocycles. The molecular formula is C17H21NO3. The van der Waals surface area contributed by atoms with Crippen LogP contribution in [0.3, 0.4) is 0 Å². The van der Waals surface area contributed by atoms with Gasteiger partial charge in [-0.3, -0.25) is 9.59 Å². The molecule has 0 saturated carbocycles. The number of carbonyl (C=O) groups excluding carboxylic acids is 1. The molecule has 1 unspecified atom stereocenters. The first-order chi connectivity index (χ1) is 10.1. The van der Waals surface area contributed by atoms with E-state index in [1.165, 1.54) is 0 Å². The molecule has 0 bridgehead atoms. The van der Waals surface area contributed by atoms with Crippen molar-refractivity contribution in [1.82, 2.24) is 4.90 Å². The van der Waals surface area contributed by atoms with Gasteiger partial charge in [0, 0.05) is 19.5 Å². The van der Waals surface area contributed by atoms with Crippen molar-refractivity contribution in [3.8, 4) is 0 Å². The molecule has 1 aliphatic rings. The number of rotatable bonds is 5. The van der Waals surface area contributed by atoms with Crippen molar-refractivity contribution in [2.75, 3.05) is 13.1 Å².